The third-order valence-electron chi connectivity index (χ3n) is 5.68. The molecule has 0 saturated carbocycles. The van der Waals surface area contributed by atoms with Crippen molar-refractivity contribution in [3.05, 3.63) is 70.1 Å². The van der Waals surface area contributed by atoms with Crippen LogP contribution in [0.3, 0.4) is 0 Å². The van der Waals surface area contributed by atoms with Gasteiger partial charge in [0.15, 0.2) is 11.5 Å². The summed E-state index contributed by atoms with van der Waals surface area (Å²) >= 11 is 13.1. The Morgan fingerprint density at radius 3 is 2.53 bits per heavy atom. The first-order valence-corrected chi connectivity index (χ1v) is 13.7. The van der Waals surface area contributed by atoms with Crippen LogP contribution < -0.4 is 14.2 Å². The van der Waals surface area contributed by atoms with Crippen LogP contribution in [0.4, 0.5) is 0 Å². The zero-order valence-corrected chi connectivity index (χ0v) is 23.3. The number of amides is 1. The number of hydrogen-bond acceptors (Lipinski definition) is 6. The predicted octanol–water partition coefficient (Wildman–Crippen LogP) is 7.49. The third-order valence-corrected chi connectivity index (χ3v) is 7.34. The molecule has 2 aromatic rings. The van der Waals surface area contributed by atoms with Crippen molar-refractivity contribution in [1.82, 2.24) is 4.90 Å². The fraction of sp³-hybridized carbons (Fsp3) is 0.357. The van der Waals surface area contributed by atoms with Crippen LogP contribution in [-0.2, 0) is 4.79 Å². The topological polar surface area (TPSA) is 48.0 Å². The van der Waals surface area contributed by atoms with E-state index in [0.29, 0.717) is 64.5 Å². The first kappa shape index (κ1) is 28.1. The monoisotopic (exact) mass is 545 g/mol. The Morgan fingerprint density at radius 1 is 1.14 bits per heavy atom. The van der Waals surface area contributed by atoms with Gasteiger partial charge >= 0.3 is 0 Å². The van der Waals surface area contributed by atoms with Gasteiger partial charge in [-0.25, -0.2) is 0 Å². The minimum atomic E-state index is -0.145. The second kappa shape index (κ2) is 13.7. The van der Waals surface area contributed by atoms with Crippen molar-refractivity contribution in [2.45, 2.75) is 39.5 Å². The van der Waals surface area contributed by atoms with Gasteiger partial charge in [0.25, 0.3) is 5.91 Å². The van der Waals surface area contributed by atoms with Crippen LogP contribution in [0.25, 0.3) is 6.08 Å². The SMILES string of the molecule is C=CCN1C(=O)/C(=C\c2cc(Cl)c(OCCCOc3ccc(C(C)CC)cc3)c(OCC)c2)SC1=S. The molecule has 36 heavy (non-hydrogen) atoms. The number of hydrogen-bond donors (Lipinski definition) is 0. The van der Waals surface area contributed by atoms with Gasteiger partial charge in [-0.1, -0.05) is 67.6 Å². The number of ether oxygens (including phenoxy) is 3. The number of carbonyl (C=O) groups excluding carboxylic acids is 1. The second-order valence-corrected chi connectivity index (χ2v) is 10.4. The van der Waals surface area contributed by atoms with E-state index >= 15 is 0 Å². The number of halogens is 1. The number of rotatable bonds is 13. The largest absolute Gasteiger partial charge is 0.493 e. The van der Waals surface area contributed by atoms with Crippen LogP contribution >= 0.6 is 35.6 Å². The summed E-state index contributed by atoms with van der Waals surface area (Å²) in [7, 11) is 0. The van der Waals surface area contributed by atoms with Crippen LogP contribution in [0.5, 0.6) is 17.2 Å². The molecule has 5 nitrogen and oxygen atoms in total. The van der Waals surface area contributed by atoms with E-state index in [1.165, 1.54) is 22.2 Å². The molecule has 0 spiro atoms. The van der Waals surface area contributed by atoms with Gasteiger partial charge in [0, 0.05) is 13.0 Å². The lowest BCUT2D eigenvalue weighted by atomic mass is 9.99. The molecule has 1 fully saturated rings. The van der Waals surface area contributed by atoms with E-state index in [2.05, 4.69) is 32.6 Å². The van der Waals surface area contributed by atoms with Gasteiger partial charge in [0.1, 0.15) is 10.1 Å². The molecular formula is C28H32ClNO4S2. The summed E-state index contributed by atoms with van der Waals surface area (Å²) in [5.74, 6) is 2.25. The molecule has 0 aliphatic carbocycles. The average Bonchev–Trinajstić information content (AvgIpc) is 3.12. The third kappa shape index (κ3) is 7.28. The molecule has 1 heterocycles. The second-order valence-electron chi connectivity index (χ2n) is 8.27. The number of benzene rings is 2. The molecule has 1 saturated heterocycles. The lowest BCUT2D eigenvalue weighted by molar-refractivity contribution is -0.121. The Labute approximate surface area is 228 Å². The molecule has 0 bridgehead atoms. The summed E-state index contributed by atoms with van der Waals surface area (Å²) in [6.45, 7) is 11.8. The fourth-order valence-electron chi connectivity index (χ4n) is 3.56. The molecule has 1 aliphatic rings. The van der Waals surface area contributed by atoms with E-state index < -0.39 is 0 Å². The first-order valence-electron chi connectivity index (χ1n) is 12.1. The van der Waals surface area contributed by atoms with E-state index in [1.807, 2.05) is 25.1 Å². The molecule has 0 radical (unpaired) electrons. The lowest BCUT2D eigenvalue weighted by Gasteiger charge is -2.15. The fourth-order valence-corrected chi connectivity index (χ4v) is 5.11. The van der Waals surface area contributed by atoms with Crippen LogP contribution in [0.15, 0.2) is 54.0 Å². The van der Waals surface area contributed by atoms with Crippen LogP contribution in [0, 0.1) is 0 Å². The Bertz CT molecular complexity index is 1120. The van der Waals surface area contributed by atoms with Gasteiger partial charge in [0.05, 0.1) is 29.7 Å². The molecule has 8 heteroatoms. The summed E-state index contributed by atoms with van der Waals surface area (Å²) < 4.78 is 18.1. The Kier molecular flexibility index (Phi) is 10.7. The van der Waals surface area contributed by atoms with Gasteiger partial charge in [0.2, 0.25) is 0 Å². The van der Waals surface area contributed by atoms with Crippen molar-refractivity contribution in [3.63, 3.8) is 0 Å². The summed E-state index contributed by atoms with van der Waals surface area (Å²) in [5.41, 5.74) is 2.05. The molecule has 1 unspecified atom stereocenters. The van der Waals surface area contributed by atoms with Crippen molar-refractivity contribution in [3.8, 4) is 17.2 Å². The van der Waals surface area contributed by atoms with Crippen LogP contribution in [0.1, 0.15) is 50.7 Å². The highest BCUT2D eigenvalue weighted by Crippen LogP contribution is 2.39. The maximum absolute atomic E-state index is 12.6. The van der Waals surface area contributed by atoms with E-state index in [0.717, 1.165) is 17.7 Å². The summed E-state index contributed by atoms with van der Waals surface area (Å²) in [5, 5.41) is 0.412. The minimum absolute atomic E-state index is 0.145. The van der Waals surface area contributed by atoms with Gasteiger partial charge < -0.3 is 14.2 Å². The molecular weight excluding hydrogens is 514 g/mol. The average molecular weight is 546 g/mol. The zero-order chi connectivity index (χ0) is 26.1. The highest BCUT2D eigenvalue weighted by Gasteiger charge is 2.31. The van der Waals surface area contributed by atoms with E-state index in [-0.39, 0.29) is 5.91 Å². The minimum Gasteiger partial charge on any atom is -0.493 e. The van der Waals surface area contributed by atoms with Crippen LogP contribution in [0.2, 0.25) is 5.02 Å². The lowest BCUT2D eigenvalue weighted by Crippen LogP contribution is -2.27. The van der Waals surface area contributed by atoms with Crippen molar-refractivity contribution < 1.29 is 19.0 Å². The van der Waals surface area contributed by atoms with Crippen molar-refractivity contribution in [2.75, 3.05) is 26.4 Å². The maximum atomic E-state index is 12.6. The molecule has 1 amide bonds. The van der Waals surface area contributed by atoms with Crippen molar-refractivity contribution >= 4 is 51.9 Å². The maximum Gasteiger partial charge on any atom is 0.266 e. The summed E-state index contributed by atoms with van der Waals surface area (Å²) in [4.78, 5) is 14.7. The van der Waals surface area contributed by atoms with Gasteiger partial charge in [-0.05, 0) is 60.7 Å². The molecule has 0 N–H and O–H groups in total. The highest BCUT2D eigenvalue weighted by atomic mass is 35.5. The highest BCUT2D eigenvalue weighted by molar-refractivity contribution is 8.26. The van der Waals surface area contributed by atoms with E-state index in [9.17, 15) is 4.79 Å². The number of nitrogens with zero attached hydrogens (tertiary/aromatic N) is 1. The Morgan fingerprint density at radius 2 is 1.86 bits per heavy atom. The van der Waals surface area contributed by atoms with Gasteiger partial charge in [-0.3, -0.25) is 9.69 Å². The number of thioether (sulfide) groups is 1. The molecule has 2 aromatic carbocycles. The predicted molar refractivity (Wildman–Crippen MR) is 153 cm³/mol. The van der Waals surface area contributed by atoms with Crippen molar-refractivity contribution in [1.29, 1.82) is 0 Å². The smallest absolute Gasteiger partial charge is 0.266 e. The summed E-state index contributed by atoms with van der Waals surface area (Å²) in [6.07, 6.45) is 5.21. The van der Waals surface area contributed by atoms with Gasteiger partial charge in [-0.15, -0.1) is 6.58 Å². The molecule has 1 atom stereocenters. The molecule has 3 rings (SSSR count). The van der Waals surface area contributed by atoms with Gasteiger partial charge in [-0.2, -0.15) is 0 Å². The summed E-state index contributed by atoms with van der Waals surface area (Å²) in [6, 6.07) is 11.8. The number of carbonyl (C=O) groups is 1. The molecule has 1 aliphatic heterocycles. The van der Waals surface area contributed by atoms with E-state index in [1.54, 1.807) is 18.2 Å². The Hall–Kier alpha value is -2.48. The van der Waals surface area contributed by atoms with Crippen molar-refractivity contribution in [2.24, 2.45) is 0 Å². The van der Waals surface area contributed by atoms with Crippen LogP contribution in [-0.4, -0.2) is 41.5 Å². The molecule has 192 valence electrons. The Balaban J connectivity index is 1.60. The standard InChI is InChI=1S/C28H32ClNO4S2/c1-5-13-30-27(31)25(36-28(30)35)18-20-16-23(29)26(24(17-20)32-7-3)34-15-8-14-33-22-11-9-21(10-12-22)19(4)6-2/h5,9-12,16-19H,1,6-8,13-15H2,2-4H3/b25-18+. The molecule has 0 aromatic heterocycles. The van der Waals surface area contributed by atoms with E-state index in [4.69, 9.17) is 38.0 Å². The normalized spacial score (nSPS) is 15.3. The number of thiocarbonyl (C=S) groups is 1. The zero-order valence-electron chi connectivity index (χ0n) is 20.9. The quantitative estimate of drug-likeness (QED) is 0.112. The first-order chi connectivity index (χ1) is 17.4.